The molecule has 2 N–H and O–H groups in total. The number of hydrogen-bond donors (Lipinski definition) is 2. The predicted octanol–water partition coefficient (Wildman–Crippen LogP) is 3.39. The van der Waals surface area contributed by atoms with Gasteiger partial charge in [-0.3, -0.25) is 9.78 Å². The van der Waals surface area contributed by atoms with E-state index in [0.717, 1.165) is 44.8 Å². The van der Waals surface area contributed by atoms with Gasteiger partial charge in [-0.25, -0.2) is 4.98 Å². The molecule has 2 aliphatic heterocycles. The molecule has 1 atom stereocenters. The quantitative estimate of drug-likeness (QED) is 0.607. The van der Waals surface area contributed by atoms with E-state index < -0.39 is 6.10 Å². The highest BCUT2D eigenvalue weighted by Crippen LogP contribution is 2.34. The lowest BCUT2D eigenvalue weighted by atomic mass is 10.0. The van der Waals surface area contributed by atoms with Gasteiger partial charge in [-0.05, 0) is 30.9 Å². The minimum absolute atomic E-state index is 0.0101. The lowest BCUT2D eigenvalue weighted by molar-refractivity contribution is -0.131. The summed E-state index contributed by atoms with van der Waals surface area (Å²) in [7, 11) is 0. The van der Waals surface area contributed by atoms with E-state index >= 15 is 0 Å². The molecule has 2 aliphatic rings. The monoisotopic (exact) mass is 464 g/mol. The average molecular weight is 465 g/mol. The number of morpholine rings is 1. The fourth-order valence-corrected chi connectivity index (χ4v) is 4.21. The Bertz CT molecular complexity index is 916. The molecule has 0 bridgehead atoms. The second-order valence-corrected chi connectivity index (χ2v) is 8.63. The third-order valence-corrected chi connectivity index (χ3v) is 6.22. The Kier molecular flexibility index (Phi) is 7.74. The Morgan fingerprint density at radius 3 is 2.74 bits per heavy atom. The third-order valence-electron chi connectivity index (χ3n) is 5.62. The van der Waals surface area contributed by atoms with Crippen LogP contribution in [-0.4, -0.2) is 61.3 Å². The van der Waals surface area contributed by atoms with Crippen molar-refractivity contribution in [3.05, 3.63) is 40.4 Å². The Labute approximate surface area is 191 Å². The van der Waals surface area contributed by atoms with Crippen molar-refractivity contribution in [2.75, 3.05) is 44.8 Å². The van der Waals surface area contributed by atoms with E-state index in [1.165, 1.54) is 0 Å². The number of ether oxygens (including phenoxy) is 2. The van der Waals surface area contributed by atoms with Crippen molar-refractivity contribution in [3.8, 4) is 11.1 Å². The van der Waals surface area contributed by atoms with E-state index in [1.54, 1.807) is 12.4 Å². The lowest BCUT2D eigenvalue weighted by Gasteiger charge is -2.23. The Morgan fingerprint density at radius 2 is 1.97 bits per heavy atom. The van der Waals surface area contributed by atoms with Crippen molar-refractivity contribution in [2.45, 2.75) is 25.4 Å². The molecular formula is C22H26Cl2N4O3. The number of anilines is 1. The summed E-state index contributed by atoms with van der Waals surface area (Å²) in [5.74, 6) is 0.565. The van der Waals surface area contributed by atoms with Gasteiger partial charge >= 0.3 is 0 Å². The molecule has 9 heteroatoms. The molecule has 0 unspecified atom stereocenters. The fraction of sp³-hybridized carbons (Fsp3) is 0.500. The number of pyridine rings is 2. The fourth-order valence-electron chi connectivity index (χ4n) is 3.80. The van der Waals surface area contributed by atoms with Gasteiger partial charge in [-0.2, -0.15) is 0 Å². The molecule has 2 aromatic rings. The Morgan fingerprint density at radius 1 is 1.13 bits per heavy atom. The van der Waals surface area contributed by atoms with Crippen LogP contribution in [0.1, 0.15) is 18.5 Å². The van der Waals surface area contributed by atoms with E-state index in [2.05, 4.69) is 20.6 Å². The maximum Gasteiger partial charge on any atom is 0.168 e. The second-order valence-electron chi connectivity index (χ2n) is 7.86. The number of nitrogens with zero attached hydrogens (tertiary/aromatic N) is 2. The molecule has 166 valence electrons. The molecule has 4 heterocycles. The number of aromatic nitrogens is 2. The number of ketones is 1. The average Bonchev–Trinajstić information content (AvgIpc) is 2.81. The second kappa shape index (κ2) is 10.7. The maximum absolute atomic E-state index is 12.6. The molecule has 2 fully saturated rings. The van der Waals surface area contributed by atoms with Crippen molar-refractivity contribution >= 4 is 34.7 Å². The van der Waals surface area contributed by atoms with Crippen LogP contribution in [0.2, 0.25) is 10.2 Å². The molecule has 4 rings (SSSR count). The van der Waals surface area contributed by atoms with E-state index in [4.69, 9.17) is 32.7 Å². The SMILES string of the molecule is O=C(Cc1cc(-c2cc(NCC3CCOCC3)cnc2Cl)c(Cl)cn1)[C@H]1CNCCO1. The summed E-state index contributed by atoms with van der Waals surface area (Å²) in [6.07, 6.45) is 5.10. The van der Waals surface area contributed by atoms with Crippen LogP contribution in [0.5, 0.6) is 0 Å². The molecule has 7 nitrogen and oxygen atoms in total. The molecule has 0 saturated carbocycles. The minimum Gasteiger partial charge on any atom is -0.384 e. The maximum atomic E-state index is 12.6. The van der Waals surface area contributed by atoms with Gasteiger partial charge in [0.2, 0.25) is 0 Å². The molecular weight excluding hydrogens is 439 g/mol. The number of carbonyl (C=O) groups is 1. The van der Waals surface area contributed by atoms with Gasteiger partial charge in [0, 0.05) is 55.9 Å². The first kappa shape index (κ1) is 22.4. The van der Waals surface area contributed by atoms with Crippen LogP contribution in [0.25, 0.3) is 11.1 Å². The summed E-state index contributed by atoms with van der Waals surface area (Å²) in [5.41, 5.74) is 2.90. The molecule has 0 amide bonds. The highest BCUT2D eigenvalue weighted by molar-refractivity contribution is 6.35. The summed E-state index contributed by atoms with van der Waals surface area (Å²) in [6.45, 7) is 4.29. The number of Topliss-reactive ketones (excluding diaryl/α,β-unsaturated/α-hetero) is 1. The van der Waals surface area contributed by atoms with E-state index in [1.807, 2.05) is 12.1 Å². The zero-order valence-electron chi connectivity index (χ0n) is 17.2. The van der Waals surface area contributed by atoms with Gasteiger partial charge in [0.05, 0.1) is 29.9 Å². The number of nitrogens with one attached hydrogen (secondary N) is 2. The standard InChI is InChI=1S/C22H26Cl2N4O3/c23-19-12-27-15(9-20(29)21-13-25-3-6-31-21)7-17(19)18-8-16(11-28-22(18)24)26-10-14-1-4-30-5-2-14/h7-8,11-12,14,21,25-26H,1-6,9-10,13H2/t21-/m1/s1. The van der Waals surface area contributed by atoms with Crippen molar-refractivity contribution in [1.82, 2.24) is 15.3 Å². The van der Waals surface area contributed by atoms with Gasteiger partial charge < -0.3 is 20.1 Å². The molecule has 2 aromatic heterocycles. The van der Waals surface area contributed by atoms with Crippen molar-refractivity contribution in [3.63, 3.8) is 0 Å². The smallest absolute Gasteiger partial charge is 0.168 e. The van der Waals surface area contributed by atoms with Crippen LogP contribution in [0.4, 0.5) is 5.69 Å². The molecule has 0 spiro atoms. The third kappa shape index (κ3) is 5.93. The van der Waals surface area contributed by atoms with Crippen molar-refractivity contribution in [1.29, 1.82) is 0 Å². The molecule has 2 saturated heterocycles. The van der Waals surface area contributed by atoms with Crippen molar-refractivity contribution in [2.24, 2.45) is 5.92 Å². The van der Waals surface area contributed by atoms with Gasteiger partial charge in [-0.1, -0.05) is 23.2 Å². The van der Waals surface area contributed by atoms with Gasteiger partial charge in [0.1, 0.15) is 11.3 Å². The summed E-state index contributed by atoms with van der Waals surface area (Å²) in [4.78, 5) is 21.2. The van der Waals surface area contributed by atoms with Crippen LogP contribution < -0.4 is 10.6 Å². The zero-order chi connectivity index (χ0) is 21.6. The number of halogens is 2. The van der Waals surface area contributed by atoms with E-state index in [-0.39, 0.29) is 12.2 Å². The molecule has 0 aromatic carbocycles. The largest absolute Gasteiger partial charge is 0.384 e. The first-order valence-electron chi connectivity index (χ1n) is 10.6. The summed E-state index contributed by atoms with van der Waals surface area (Å²) >= 11 is 12.8. The highest BCUT2D eigenvalue weighted by atomic mass is 35.5. The molecule has 0 radical (unpaired) electrons. The number of rotatable bonds is 7. The van der Waals surface area contributed by atoms with Crippen LogP contribution in [0, 0.1) is 5.92 Å². The zero-order valence-corrected chi connectivity index (χ0v) is 18.7. The first-order valence-corrected chi connectivity index (χ1v) is 11.3. The number of carbonyl (C=O) groups excluding carboxylic acids is 1. The van der Waals surface area contributed by atoms with Gasteiger partial charge in [0.15, 0.2) is 5.78 Å². The Balaban J connectivity index is 1.49. The summed E-state index contributed by atoms with van der Waals surface area (Å²) in [6, 6.07) is 3.75. The topological polar surface area (TPSA) is 85.4 Å². The van der Waals surface area contributed by atoms with Gasteiger partial charge in [0.25, 0.3) is 0 Å². The Hall–Kier alpha value is -1.77. The number of hydrogen-bond acceptors (Lipinski definition) is 7. The van der Waals surface area contributed by atoms with Crippen LogP contribution in [0.15, 0.2) is 24.5 Å². The summed E-state index contributed by atoms with van der Waals surface area (Å²) in [5, 5.41) is 7.42. The lowest BCUT2D eigenvalue weighted by Crippen LogP contribution is -2.43. The van der Waals surface area contributed by atoms with Crippen LogP contribution in [-0.2, 0) is 20.7 Å². The highest BCUT2D eigenvalue weighted by Gasteiger charge is 2.23. The molecule has 0 aliphatic carbocycles. The first-order chi connectivity index (χ1) is 15.1. The van der Waals surface area contributed by atoms with E-state index in [0.29, 0.717) is 46.1 Å². The van der Waals surface area contributed by atoms with Crippen molar-refractivity contribution < 1.29 is 14.3 Å². The molecule has 31 heavy (non-hydrogen) atoms. The normalized spacial score (nSPS) is 19.9. The van der Waals surface area contributed by atoms with Crippen LogP contribution in [0.3, 0.4) is 0 Å². The van der Waals surface area contributed by atoms with Crippen LogP contribution >= 0.6 is 23.2 Å². The van der Waals surface area contributed by atoms with E-state index in [9.17, 15) is 4.79 Å². The summed E-state index contributed by atoms with van der Waals surface area (Å²) < 4.78 is 11.0. The van der Waals surface area contributed by atoms with Gasteiger partial charge in [-0.15, -0.1) is 0 Å². The minimum atomic E-state index is -0.447. The predicted molar refractivity (Wildman–Crippen MR) is 121 cm³/mol.